The van der Waals surface area contributed by atoms with Gasteiger partial charge in [-0.1, -0.05) is 19.1 Å². The Balaban J connectivity index is 2.17. The highest BCUT2D eigenvalue weighted by Crippen LogP contribution is 2.27. The molecular formula is C17H22N2O. The van der Waals surface area contributed by atoms with Crippen molar-refractivity contribution in [3.8, 4) is 11.5 Å². The molecule has 1 atom stereocenters. The van der Waals surface area contributed by atoms with Crippen LogP contribution >= 0.6 is 0 Å². The molecule has 1 heterocycles. The summed E-state index contributed by atoms with van der Waals surface area (Å²) < 4.78 is 5.91. The lowest BCUT2D eigenvalue weighted by molar-refractivity contribution is 0.473. The Morgan fingerprint density at radius 1 is 1.20 bits per heavy atom. The quantitative estimate of drug-likeness (QED) is 0.885. The summed E-state index contributed by atoms with van der Waals surface area (Å²) in [5.41, 5.74) is 3.44. The molecule has 1 aromatic heterocycles. The molecule has 0 amide bonds. The third kappa shape index (κ3) is 3.17. The summed E-state index contributed by atoms with van der Waals surface area (Å²) in [6.45, 7) is 6.30. The molecule has 0 bridgehead atoms. The minimum absolute atomic E-state index is 0.296. The zero-order valence-corrected chi connectivity index (χ0v) is 12.6. The van der Waals surface area contributed by atoms with E-state index < -0.39 is 0 Å². The van der Waals surface area contributed by atoms with Crippen LogP contribution in [-0.4, -0.2) is 12.0 Å². The van der Waals surface area contributed by atoms with Crippen LogP contribution in [0.25, 0.3) is 0 Å². The van der Waals surface area contributed by atoms with E-state index in [0.717, 1.165) is 23.6 Å². The first kappa shape index (κ1) is 14.5. The van der Waals surface area contributed by atoms with E-state index in [2.05, 4.69) is 37.1 Å². The Bertz CT molecular complexity index is 560. The third-order valence-electron chi connectivity index (χ3n) is 3.66. The summed E-state index contributed by atoms with van der Waals surface area (Å²) in [6.07, 6.45) is 2.80. The summed E-state index contributed by atoms with van der Waals surface area (Å²) >= 11 is 0. The number of aryl methyl sites for hydroxylation is 1. The van der Waals surface area contributed by atoms with Gasteiger partial charge in [0.15, 0.2) is 0 Å². The zero-order chi connectivity index (χ0) is 14.5. The second-order valence-electron chi connectivity index (χ2n) is 4.97. The largest absolute Gasteiger partial charge is 0.455 e. The lowest BCUT2D eigenvalue weighted by Crippen LogP contribution is -2.16. The summed E-state index contributed by atoms with van der Waals surface area (Å²) in [4.78, 5) is 4.48. The van der Waals surface area contributed by atoms with Gasteiger partial charge in [0.25, 0.3) is 0 Å². The van der Waals surface area contributed by atoms with Crippen molar-refractivity contribution in [3.05, 3.63) is 53.3 Å². The van der Waals surface area contributed by atoms with Crippen molar-refractivity contribution in [1.82, 2.24) is 10.3 Å². The Morgan fingerprint density at radius 3 is 2.60 bits per heavy atom. The first-order valence-corrected chi connectivity index (χ1v) is 7.03. The number of nitrogens with zero attached hydrogens (tertiary/aromatic N) is 1. The van der Waals surface area contributed by atoms with Crippen LogP contribution < -0.4 is 10.1 Å². The number of ether oxygens (including phenoxy) is 1. The highest BCUT2D eigenvalue weighted by atomic mass is 16.5. The molecule has 3 nitrogen and oxygen atoms in total. The normalized spacial score (nSPS) is 12.2. The SMILES string of the molecule is CCC(NC)c1ccc(Oc2cccc(C)c2C)cn1. The van der Waals surface area contributed by atoms with E-state index >= 15 is 0 Å². The van der Waals surface area contributed by atoms with Crippen molar-refractivity contribution in [3.63, 3.8) is 0 Å². The number of nitrogens with one attached hydrogen (secondary N) is 1. The Morgan fingerprint density at radius 2 is 2.00 bits per heavy atom. The second-order valence-corrected chi connectivity index (χ2v) is 4.97. The second kappa shape index (κ2) is 6.53. The molecule has 2 aromatic rings. The van der Waals surface area contributed by atoms with E-state index in [9.17, 15) is 0 Å². The maximum Gasteiger partial charge on any atom is 0.145 e. The minimum atomic E-state index is 0.296. The van der Waals surface area contributed by atoms with E-state index in [4.69, 9.17) is 4.74 Å². The molecule has 0 radical (unpaired) electrons. The molecular weight excluding hydrogens is 248 g/mol. The Labute approximate surface area is 121 Å². The monoisotopic (exact) mass is 270 g/mol. The molecule has 3 heteroatoms. The van der Waals surface area contributed by atoms with Gasteiger partial charge in [0.2, 0.25) is 0 Å². The smallest absolute Gasteiger partial charge is 0.145 e. The van der Waals surface area contributed by atoms with Crippen LogP contribution in [0.2, 0.25) is 0 Å². The lowest BCUT2D eigenvalue weighted by Gasteiger charge is -2.14. The molecule has 0 saturated heterocycles. The molecule has 0 saturated carbocycles. The van der Waals surface area contributed by atoms with Crippen molar-refractivity contribution in [2.45, 2.75) is 33.2 Å². The van der Waals surface area contributed by atoms with E-state index in [1.165, 1.54) is 11.1 Å². The van der Waals surface area contributed by atoms with Gasteiger partial charge >= 0.3 is 0 Å². The molecule has 2 rings (SSSR count). The van der Waals surface area contributed by atoms with Crippen LogP contribution in [-0.2, 0) is 0 Å². The number of hydrogen-bond donors (Lipinski definition) is 1. The molecule has 0 aliphatic carbocycles. The third-order valence-corrected chi connectivity index (χ3v) is 3.66. The molecule has 0 fully saturated rings. The maximum atomic E-state index is 5.91. The van der Waals surface area contributed by atoms with Crippen molar-refractivity contribution < 1.29 is 4.74 Å². The molecule has 0 aliphatic heterocycles. The van der Waals surface area contributed by atoms with Crippen molar-refractivity contribution in [2.24, 2.45) is 0 Å². The highest BCUT2D eigenvalue weighted by molar-refractivity contribution is 5.41. The summed E-state index contributed by atoms with van der Waals surface area (Å²) in [6, 6.07) is 10.4. The van der Waals surface area contributed by atoms with Crippen LogP contribution in [0.15, 0.2) is 36.5 Å². The number of benzene rings is 1. The average Bonchev–Trinajstić information content (AvgIpc) is 2.47. The van der Waals surface area contributed by atoms with Crippen LogP contribution in [0.4, 0.5) is 0 Å². The predicted octanol–water partition coefficient (Wildman–Crippen LogP) is 4.16. The first-order valence-electron chi connectivity index (χ1n) is 7.03. The van der Waals surface area contributed by atoms with Crippen molar-refractivity contribution in [2.75, 3.05) is 7.05 Å². The maximum absolute atomic E-state index is 5.91. The van der Waals surface area contributed by atoms with E-state index in [0.29, 0.717) is 6.04 Å². The number of rotatable bonds is 5. The first-order chi connectivity index (χ1) is 9.65. The van der Waals surface area contributed by atoms with Crippen molar-refractivity contribution >= 4 is 0 Å². The van der Waals surface area contributed by atoms with Gasteiger partial charge in [0, 0.05) is 6.04 Å². The summed E-state index contributed by atoms with van der Waals surface area (Å²) in [5.74, 6) is 1.66. The van der Waals surface area contributed by atoms with Crippen LogP contribution in [0.3, 0.4) is 0 Å². The Kier molecular flexibility index (Phi) is 4.74. The van der Waals surface area contributed by atoms with E-state index in [1.54, 1.807) is 6.20 Å². The van der Waals surface area contributed by atoms with Gasteiger partial charge in [-0.15, -0.1) is 0 Å². The molecule has 1 unspecified atom stereocenters. The number of pyridine rings is 1. The van der Waals surface area contributed by atoms with Gasteiger partial charge in [-0.2, -0.15) is 0 Å². The van der Waals surface area contributed by atoms with Crippen molar-refractivity contribution in [1.29, 1.82) is 0 Å². The highest BCUT2D eigenvalue weighted by Gasteiger charge is 2.09. The van der Waals surface area contributed by atoms with Gasteiger partial charge < -0.3 is 10.1 Å². The lowest BCUT2D eigenvalue weighted by atomic mass is 10.1. The van der Waals surface area contributed by atoms with Gasteiger partial charge in [-0.25, -0.2) is 0 Å². The number of hydrogen-bond acceptors (Lipinski definition) is 3. The molecule has 106 valence electrons. The van der Waals surface area contributed by atoms with E-state index in [-0.39, 0.29) is 0 Å². The zero-order valence-electron chi connectivity index (χ0n) is 12.6. The fraction of sp³-hybridized carbons (Fsp3) is 0.353. The summed E-state index contributed by atoms with van der Waals surface area (Å²) in [5, 5.41) is 3.25. The molecule has 0 spiro atoms. The average molecular weight is 270 g/mol. The molecule has 1 N–H and O–H groups in total. The van der Waals surface area contributed by atoms with Gasteiger partial charge in [-0.05, 0) is 56.6 Å². The molecule has 20 heavy (non-hydrogen) atoms. The minimum Gasteiger partial charge on any atom is -0.455 e. The van der Waals surface area contributed by atoms with Gasteiger partial charge in [-0.3, -0.25) is 4.98 Å². The van der Waals surface area contributed by atoms with Gasteiger partial charge in [0.1, 0.15) is 11.5 Å². The standard InChI is InChI=1S/C17H22N2O/c1-5-15(18-4)16-10-9-14(11-19-16)20-17-8-6-7-12(2)13(17)3/h6-11,15,18H,5H2,1-4H3. The van der Waals surface area contributed by atoms with E-state index in [1.807, 2.05) is 31.3 Å². The fourth-order valence-corrected chi connectivity index (χ4v) is 2.18. The van der Waals surface area contributed by atoms with Crippen LogP contribution in [0.1, 0.15) is 36.2 Å². The summed E-state index contributed by atoms with van der Waals surface area (Å²) in [7, 11) is 1.95. The fourth-order valence-electron chi connectivity index (χ4n) is 2.18. The predicted molar refractivity (Wildman–Crippen MR) is 82.3 cm³/mol. The Hall–Kier alpha value is -1.87. The van der Waals surface area contributed by atoms with Crippen LogP contribution in [0, 0.1) is 13.8 Å². The van der Waals surface area contributed by atoms with Gasteiger partial charge in [0.05, 0.1) is 11.9 Å². The molecule has 1 aromatic carbocycles. The molecule has 0 aliphatic rings. The van der Waals surface area contributed by atoms with Crippen LogP contribution in [0.5, 0.6) is 11.5 Å². The number of aromatic nitrogens is 1. The topological polar surface area (TPSA) is 34.1 Å².